The van der Waals surface area contributed by atoms with Gasteiger partial charge in [-0.25, -0.2) is 4.39 Å². The van der Waals surface area contributed by atoms with E-state index in [2.05, 4.69) is 5.32 Å². The highest BCUT2D eigenvalue weighted by atomic mass is 19.1. The maximum atomic E-state index is 13.6. The lowest BCUT2D eigenvalue weighted by Gasteiger charge is -2.17. The van der Waals surface area contributed by atoms with Crippen LogP contribution in [0.25, 0.3) is 0 Å². The Hall–Kier alpha value is -1.09. The van der Waals surface area contributed by atoms with Crippen molar-refractivity contribution >= 4 is 5.69 Å². The highest BCUT2D eigenvalue weighted by Crippen LogP contribution is 2.19. The minimum Gasteiger partial charge on any atom is -0.381 e. The summed E-state index contributed by atoms with van der Waals surface area (Å²) in [6.45, 7) is 3.49. The molecule has 1 aromatic rings. The number of benzene rings is 1. The van der Waals surface area contributed by atoms with Gasteiger partial charge in [0, 0.05) is 19.3 Å². The van der Waals surface area contributed by atoms with E-state index in [1.54, 1.807) is 6.07 Å². The third kappa shape index (κ3) is 2.95. The molecule has 3 heteroatoms. The van der Waals surface area contributed by atoms with Crippen LogP contribution in [-0.2, 0) is 4.74 Å². The molecule has 1 heterocycles. The second-order valence-corrected chi connectivity index (χ2v) is 4.37. The zero-order valence-corrected chi connectivity index (χ0v) is 9.63. The van der Waals surface area contributed by atoms with Gasteiger partial charge in [0.25, 0.3) is 0 Å². The smallest absolute Gasteiger partial charge is 0.146 e. The van der Waals surface area contributed by atoms with Crippen molar-refractivity contribution in [1.29, 1.82) is 0 Å². The van der Waals surface area contributed by atoms with Crippen molar-refractivity contribution in [3.63, 3.8) is 0 Å². The molecule has 2 rings (SSSR count). The highest BCUT2D eigenvalue weighted by molar-refractivity contribution is 5.46. The summed E-state index contributed by atoms with van der Waals surface area (Å²) in [5, 5.41) is 3.26. The lowest BCUT2D eigenvalue weighted by Crippen LogP contribution is -2.20. The van der Waals surface area contributed by atoms with E-state index in [-0.39, 0.29) is 5.82 Å². The summed E-state index contributed by atoms with van der Waals surface area (Å²) in [5.41, 5.74) is 1.56. The molecule has 1 aromatic carbocycles. The second-order valence-electron chi connectivity index (χ2n) is 4.37. The Kier molecular flexibility index (Phi) is 3.78. The van der Waals surface area contributed by atoms with Gasteiger partial charge < -0.3 is 10.1 Å². The number of nitrogens with one attached hydrogen (secondary N) is 1. The van der Waals surface area contributed by atoms with Crippen molar-refractivity contribution in [2.75, 3.05) is 18.5 Å². The number of anilines is 1. The van der Waals surface area contributed by atoms with Gasteiger partial charge >= 0.3 is 0 Å². The maximum Gasteiger partial charge on any atom is 0.146 e. The summed E-state index contributed by atoms with van der Waals surface area (Å²) in [6.07, 6.45) is 3.05. The van der Waals surface area contributed by atoms with E-state index in [1.165, 1.54) is 0 Å². The normalized spacial score (nSPS) is 21.5. The van der Waals surface area contributed by atoms with E-state index in [9.17, 15) is 4.39 Å². The fraction of sp³-hybridized carbons (Fsp3) is 0.538. The van der Waals surface area contributed by atoms with Gasteiger partial charge in [0.15, 0.2) is 0 Å². The molecule has 0 aromatic heterocycles. The minimum absolute atomic E-state index is 0.162. The number of aryl methyl sites for hydroxylation is 1. The topological polar surface area (TPSA) is 21.3 Å². The van der Waals surface area contributed by atoms with E-state index in [0.29, 0.717) is 11.7 Å². The van der Waals surface area contributed by atoms with Crippen LogP contribution in [0.5, 0.6) is 0 Å². The monoisotopic (exact) mass is 223 g/mol. The Morgan fingerprint density at radius 2 is 2.19 bits per heavy atom. The Labute approximate surface area is 95.8 Å². The Morgan fingerprint density at radius 3 is 3.00 bits per heavy atom. The molecule has 1 aliphatic heterocycles. The highest BCUT2D eigenvalue weighted by Gasteiger charge is 2.13. The Bertz CT molecular complexity index is 346. The summed E-state index contributed by atoms with van der Waals surface area (Å²) in [7, 11) is 0. The van der Waals surface area contributed by atoms with Gasteiger partial charge in [-0.2, -0.15) is 0 Å². The molecular formula is C13H18FNO. The van der Waals surface area contributed by atoms with Crippen LogP contribution in [0.2, 0.25) is 0 Å². The molecule has 0 spiro atoms. The summed E-state index contributed by atoms with van der Waals surface area (Å²) in [6, 6.07) is 5.64. The van der Waals surface area contributed by atoms with E-state index < -0.39 is 0 Å². The third-order valence-corrected chi connectivity index (χ3v) is 2.94. The average molecular weight is 223 g/mol. The second kappa shape index (κ2) is 5.30. The van der Waals surface area contributed by atoms with Gasteiger partial charge in [0.1, 0.15) is 5.82 Å². The van der Waals surface area contributed by atoms with E-state index >= 15 is 0 Å². The van der Waals surface area contributed by atoms with Crippen molar-refractivity contribution in [3.8, 4) is 0 Å². The van der Waals surface area contributed by atoms with Crippen molar-refractivity contribution < 1.29 is 9.13 Å². The minimum atomic E-state index is -0.162. The van der Waals surface area contributed by atoms with Crippen LogP contribution in [0.4, 0.5) is 10.1 Å². The van der Waals surface area contributed by atoms with Crippen molar-refractivity contribution in [3.05, 3.63) is 29.6 Å². The largest absolute Gasteiger partial charge is 0.381 e. The van der Waals surface area contributed by atoms with Gasteiger partial charge in [-0.3, -0.25) is 0 Å². The molecule has 88 valence electrons. The van der Waals surface area contributed by atoms with Crippen LogP contribution < -0.4 is 5.32 Å². The first kappa shape index (κ1) is 11.4. The molecular weight excluding hydrogens is 205 g/mol. The summed E-state index contributed by atoms with van der Waals surface area (Å²) in [5.74, 6) is -0.162. The predicted octanol–water partition coefficient (Wildman–Crippen LogP) is 3.12. The number of hydrogen-bond donors (Lipinski definition) is 1. The standard InChI is InChI=1S/C13H18FNO/c1-10-4-5-13(12(14)9-10)15-11-3-2-7-16-8-6-11/h4-5,9,11,15H,2-3,6-8H2,1H3. The molecule has 0 radical (unpaired) electrons. The molecule has 2 nitrogen and oxygen atoms in total. The molecule has 0 amide bonds. The third-order valence-electron chi connectivity index (χ3n) is 2.94. The van der Waals surface area contributed by atoms with Gasteiger partial charge in [-0.05, 0) is 43.9 Å². The van der Waals surface area contributed by atoms with Gasteiger partial charge in [0.2, 0.25) is 0 Å². The summed E-state index contributed by atoms with van der Waals surface area (Å²) in [4.78, 5) is 0. The van der Waals surface area contributed by atoms with Gasteiger partial charge in [0.05, 0.1) is 5.69 Å². The average Bonchev–Trinajstić information content (AvgIpc) is 2.51. The van der Waals surface area contributed by atoms with E-state index in [4.69, 9.17) is 4.74 Å². The molecule has 1 unspecified atom stereocenters. The van der Waals surface area contributed by atoms with Crippen LogP contribution in [0.3, 0.4) is 0 Å². The first-order valence-corrected chi connectivity index (χ1v) is 5.86. The van der Waals surface area contributed by atoms with Crippen molar-refractivity contribution in [1.82, 2.24) is 0 Å². The summed E-state index contributed by atoms with van der Waals surface area (Å²) < 4.78 is 19.0. The molecule has 1 aliphatic rings. The SMILES string of the molecule is Cc1ccc(NC2CCCOCC2)c(F)c1. The number of halogens is 1. The molecule has 16 heavy (non-hydrogen) atoms. The molecule has 1 fully saturated rings. The maximum absolute atomic E-state index is 13.6. The first-order chi connectivity index (χ1) is 7.75. The molecule has 1 saturated heterocycles. The summed E-state index contributed by atoms with van der Waals surface area (Å²) >= 11 is 0. The number of rotatable bonds is 2. The zero-order valence-electron chi connectivity index (χ0n) is 9.63. The fourth-order valence-corrected chi connectivity index (χ4v) is 2.01. The Balaban J connectivity index is 2.01. The van der Waals surface area contributed by atoms with Crippen LogP contribution in [0, 0.1) is 12.7 Å². The zero-order chi connectivity index (χ0) is 11.4. The van der Waals surface area contributed by atoms with E-state index in [1.807, 2.05) is 19.1 Å². The molecule has 1 N–H and O–H groups in total. The van der Waals surface area contributed by atoms with Crippen LogP contribution in [-0.4, -0.2) is 19.3 Å². The Morgan fingerprint density at radius 1 is 1.31 bits per heavy atom. The lowest BCUT2D eigenvalue weighted by molar-refractivity contribution is 0.144. The lowest BCUT2D eigenvalue weighted by atomic mass is 10.1. The van der Waals surface area contributed by atoms with Crippen molar-refractivity contribution in [2.45, 2.75) is 32.2 Å². The molecule has 1 atom stereocenters. The van der Waals surface area contributed by atoms with Gasteiger partial charge in [-0.15, -0.1) is 0 Å². The fourth-order valence-electron chi connectivity index (χ4n) is 2.01. The number of hydrogen-bond acceptors (Lipinski definition) is 2. The van der Waals surface area contributed by atoms with Crippen molar-refractivity contribution in [2.24, 2.45) is 0 Å². The molecule has 0 saturated carbocycles. The van der Waals surface area contributed by atoms with Gasteiger partial charge in [-0.1, -0.05) is 6.07 Å². The number of ether oxygens (including phenoxy) is 1. The van der Waals surface area contributed by atoms with Crippen LogP contribution >= 0.6 is 0 Å². The van der Waals surface area contributed by atoms with Crippen LogP contribution in [0.1, 0.15) is 24.8 Å². The first-order valence-electron chi connectivity index (χ1n) is 5.86. The van der Waals surface area contributed by atoms with Crippen LogP contribution in [0.15, 0.2) is 18.2 Å². The van der Waals surface area contributed by atoms with E-state index in [0.717, 1.165) is 38.0 Å². The molecule has 0 bridgehead atoms. The quantitative estimate of drug-likeness (QED) is 0.831. The predicted molar refractivity (Wildman–Crippen MR) is 63.2 cm³/mol. The molecule has 0 aliphatic carbocycles.